The van der Waals surface area contributed by atoms with Crippen LogP contribution >= 0.6 is 22.6 Å². The van der Waals surface area contributed by atoms with E-state index in [0.717, 1.165) is 6.54 Å². The van der Waals surface area contributed by atoms with Gasteiger partial charge in [-0.15, -0.1) is 0 Å². The van der Waals surface area contributed by atoms with Crippen LogP contribution in [0.3, 0.4) is 0 Å². The summed E-state index contributed by atoms with van der Waals surface area (Å²) in [6.07, 6.45) is 2.49. The summed E-state index contributed by atoms with van der Waals surface area (Å²) in [6.45, 7) is 5.42. The van der Waals surface area contributed by atoms with Crippen molar-refractivity contribution < 1.29 is 0 Å². The van der Waals surface area contributed by atoms with E-state index >= 15 is 0 Å². The third-order valence-corrected chi connectivity index (χ3v) is 3.19. The second-order valence-corrected chi connectivity index (χ2v) is 4.41. The van der Waals surface area contributed by atoms with Gasteiger partial charge in [0.1, 0.15) is 0 Å². The van der Waals surface area contributed by atoms with Gasteiger partial charge in [0.2, 0.25) is 0 Å². The van der Waals surface area contributed by atoms with Crippen molar-refractivity contribution in [1.29, 1.82) is 0 Å². The molecule has 0 bridgehead atoms. The number of unbranched alkanes of at least 4 members (excludes halogenated alkanes) is 1. The molecule has 1 nitrogen and oxygen atoms in total. The molecular formula is C11H16IN. The highest BCUT2D eigenvalue weighted by Gasteiger charge is 1.95. The molecule has 0 atom stereocenters. The van der Waals surface area contributed by atoms with E-state index in [2.05, 4.69) is 60.0 Å². The molecule has 0 saturated carbocycles. The molecule has 1 rings (SSSR count). The summed E-state index contributed by atoms with van der Waals surface area (Å²) in [5, 5.41) is 3.41. The Balaban J connectivity index is 2.53. The van der Waals surface area contributed by atoms with Crippen molar-refractivity contribution in [2.75, 3.05) is 11.9 Å². The first kappa shape index (κ1) is 10.8. The third-order valence-electron chi connectivity index (χ3n) is 2.03. The Morgan fingerprint density at radius 1 is 1.38 bits per heavy atom. The number of aryl methyl sites for hydroxylation is 1. The normalized spacial score (nSPS) is 10.1. The number of hydrogen-bond acceptors (Lipinski definition) is 1. The first-order valence-corrected chi connectivity index (χ1v) is 5.82. The van der Waals surface area contributed by atoms with Crippen LogP contribution in [0.4, 0.5) is 5.69 Å². The van der Waals surface area contributed by atoms with Crippen LogP contribution in [-0.4, -0.2) is 6.54 Å². The van der Waals surface area contributed by atoms with Crippen LogP contribution in [0.2, 0.25) is 0 Å². The smallest absolute Gasteiger partial charge is 0.0350 e. The topological polar surface area (TPSA) is 12.0 Å². The van der Waals surface area contributed by atoms with Crippen molar-refractivity contribution in [3.05, 3.63) is 27.3 Å². The number of anilines is 1. The molecule has 72 valence electrons. The van der Waals surface area contributed by atoms with Crippen LogP contribution < -0.4 is 5.32 Å². The second-order valence-electron chi connectivity index (χ2n) is 3.24. The minimum atomic E-state index is 1.08. The predicted molar refractivity (Wildman–Crippen MR) is 67.3 cm³/mol. The van der Waals surface area contributed by atoms with E-state index in [9.17, 15) is 0 Å². The summed E-state index contributed by atoms with van der Waals surface area (Å²) in [5.41, 5.74) is 2.59. The number of rotatable bonds is 4. The lowest BCUT2D eigenvalue weighted by Gasteiger charge is -2.06. The maximum atomic E-state index is 3.41. The lowest BCUT2D eigenvalue weighted by molar-refractivity contribution is 0.834. The molecule has 0 spiro atoms. The van der Waals surface area contributed by atoms with Crippen molar-refractivity contribution in [2.24, 2.45) is 0 Å². The van der Waals surface area contributed by atoms with E-state index in [0.29, 0.717) is 0 Å². The van der Waals surface area contributed by atoms with Gasteiger partial charge in [0.25, 0.3) is 0 Å². The second kappa shape index (κ2) is 5.47. The van der Waals surface area contributed by atoms with E-state index in [1.807, 2.05) is 0 Å². The summed E-state index contributed by atoms with van der Waals surface area (Å²) in [4.78, 5) is 0. The summed E-state index contributed by atoms with van der Waals surface area (Å²) in [7, 11) is 0. The van der Waals surface area contributed by atoms with Gasteiger partial charge in [-0.1, -0.05) is 19.4 Å². The molecule has 0 aliphatic heterocycles. The van der Waals surface area contributed by atoms with Crippen molar-refractivity contribution in [3.63, 3.8) is 0 Å². The summed E-state index contributed by atoms with van der Waals surface area (Å²) < 4.78 is 1.33. The maximum Gasteiger partial charge on any atom is 0.0350 e. The predicted octanol–water partition coefficient (Wildman–Crippen LogP) is 3.81. The standard InChI is InChI=1S/C11H16IN/c1-3-4-7-13-10-6-5-9(2)11(12)8-10/h5-6,8,13H,3-4,7H2,1-2H3. The zero-order valence-corrected chi connectivity index (χ0v) is 10.4. The van der Waals surface area contributed by atoms with Gasteiger partial charge >= 0.3 is 0 Å². The van der Waals surface area contributed by atoms with E-state index in [1.54, 1.807) is 0 Å². The molecule has 0 radical (unpaired) electrons. The zero-order valence-electron chi connectivity index (χ0n) is 8.23. The minimum absolute atomic E-state index is 1.08. The Hall–Kier alpha value is -0.250. The molecule has 13 heavy (non-hydrogen) atoms. The number of halogens is 1. The molecule has 0 saturated heterocycles. The lowest BCUT2D eigenvalue weighted by Crippen LogP contribution is -2.00. The molecule has 2 heteroatoms. The molecule has 0 aliphatic carbocycles. The SMILES string of the molecule is CCCCNc1ccc(C)c(I)c1. The van der Waals surface area contributed by atoms with Gasteiger partial charge in [0.05, 0.1) is 0 Å². The van der Waals surface area contributed by atoms with Crippen LogP contribution in [-0.2, 0) is 0 Å². The Bertz CT molecular complexity index is 271. The Kier molecular flexibility index (Phi) is 4.56. The third kappa shape index (κ3) is 3.55. The largest absolute Gasteiger partial charge is 0.385 e. The highest BCUT2D eigenvalue weighted by molar-refractivity contribution is 14.1. The van der Waals surface area contributed by atoms with Crippen LogP contribution in [0.15, 0.2) is 18.2 Å². The molecule has 0 aromatic heterocycles. The average molecular weight is 289 g/mol. The van der Waals surface area contributed by atoms with E-state index in [-0.39, 0.29) is 0 Å². The molecule has 1 aromatic carbocycles. The van der Waals surface area contributed by atoms with Crippen LogP contribution in [0.1, 0.15) is 25.3 Å². The summed E-state index contributed by atoms with van der Waals surface area (Å²) >= 11 is 2.37. The molecule has 1 N–H and O–H groups in total. The van der Waals surface area contributed by atoms with Gasteiger partial charge in [0.15, 0.2) is 0 Å². The average Bonchev–Trinajstić information content (AvgIpc) is 2.12. The van der Waals surface area contributed by atoms with E-state index in [1.165, 1.54) is 27.7 Å². The fourth-order valence-electron chi connectivity index (χ4n) is 1.11. The van der Waals surface area contributed by atoms with E-state index < -0.39 is 0 Å². The Morgan fingerprint density at radius 3 is 2.77 bits per heavy atom. The lowest BCUT2D eigenvalue weighted by atomic mass is 10.2. The maximum absolute atomic E-state index is 3.41. The molecule has 0 amide bonds. The number of benzene rings is 1. The highest BCUT2D eigenvalue weighted by atomic mass is 127. The molecule has 1 aromatic rings. The van der Waals surface area contributed by atoms with Gasteiger partial charge < -0.3 is 5.32 Å². The van der Waals surface area contributed by atoms with Crippen molar-refractivity contribution in [1.82, 2.24) is 0 Å². The molecular weight excluding hydrogens is 273 g/mol. The van der Waals surface area contributed by atoms with Crippen LogP contribution in [0.25, 0.3) is 0 Å². The summed E-state index contributed by atoms with van der Waals surface area (Å²) in [5.74, 6) is 0. The van der Waals surface area contributed by atoms with Crippen molar-refractivity contribution in [2.45, 2.75) is 26.7 Å². The fourth-order valence-corrected chi connectivity index (χ4v) is 1.63. The quantitative estimate of drug-likeness (QED) is 0.656. The molecule has 0 heterocycles. The fraction of sp³-hybridized carbons (Fsp3) is 0.455. The van der Waals surface area contributed by atoms with Gasteiger partial charge in [0, 0.05) is 15.8 Å². The van der Waals surface area contributed by atoms with Gasteiger partial charge in [-0.2, -0.15) is 0 Å². The number of hydrogen-bond donors (Lipinski definition) is 1. The number of nitrogens with one attached hydrogen (secondary N) is 1. The Morgan fingerprint density at radius 2 is 2.15 bits per heavy atom. The van der Waals surface area contributed by atoms with Gasteiger partial charge in [-0.05, 0) is 53.6 Å². The van der Waals surface area contributed by atoms with Crippen LogP contribution in [0.5, 0.6) is 0 Å². The molecule has 0 unspecified atom stereocenters. The zero-order chi connectivity index (χ0) is 9.68. The summed E-state index contributed by atoms with van der Waals surface area (Å²) in [6, 6.07) is 6.51. The monoisotopic (exact) mass is 289 g/mol. The van der Waals surface area contributed by atoms with Crippen LogP contribution in [0, 0.1) is 10.5 Å². The first-order chi connectivity index (χ1) is 6.24. The van der Waals surface area contributed by atoms with Gasteiger partial charge in [-0.3, -0.25) is 0 Å². The van der Waals surface area contributed by atoms with Gasteiger partial charge in [-0.25, -0.2) is 0 Å². The first-order valence-electron chi connectivity index (χ1n) is 4.74. The van der Waals surface area contributed by atoms with Crippen molar-refractivity contribution >= 4 is 28.3 Å². The Labute approximate surface area is 94.1 Å². The van der Waals surface area contributed by atoms with Crippen molar-refractivity contribution in [3.8, 4) is 0 Å². The molecule has 0 aliphatic rings. The molecule has 0 fully saturated rings. The minimum Gasteiger partial charge on any atom is -0.385 e. The van der Waals surface area contributed by atoms with E-state index in [4.69, 9.17) is 0 Å². The highest BCUT2D eigenvalue weighted by Crippen LogP contribution is 2.16.